The molecule has 116 valence electrons. The molecule has 4 atom stereocenters. The highest BCUT2D eigenvalue weighted by Gasteiger charge is 2.72. The lowest BCUT2D eigenvalue weighted by atomic mass is 9.72. The van der Waals surface area contributed by atoms with Crippen LogP contribution in [0.1, 0.15) is 55.1 Å². The van der Waals surface area contributed by atoms with E-state index in [1.807, 2.05) is 0 Å². The molecular weight excluding hydrogens is 280 g/mol. The second-order valence-corrected chi connectivity index (χ2v) is 7.83. The van der Waals surface area contributed by atoms with Gasteiger partial charge in [-0.05, 0) is 48.6 Å². The van der Waals surface area contributed by atoms with Crippen molar-refractivity contribution in [2.45, 2.75) is 43.9 Å². The normalized spacial score (nSPS) is 38.0. The van der Waals surface area contributed by atoms with Crippen LogP contribution < -0.4 is 0 Å². The number of ketones is 1. The average Bonchev–Trinajstić information content (AvgIpc) is 3.50. The van der Waals surface area contributed by atoms with Crippen molar-refractivity contribution in [2.75, 3.05) is 0 Å². The van der Waals surface area contributed by atoms with E-state index in [0.717, 1.165) is 25.7 Å². The Hall–Kier alpha value is -1.89. The van der Waals surface area contributed by atoms with Crippen LogP contribution in [0.25, 0.3) is 0 Å². The van der Waals surface area contributed by atoms with E-state index in [1.54, 1.807) is 0 Å². The monoisotopic (exact) mass is 302 g/mol. The Morgan fingerprint density at radius 2 is 1.13 bits per heavy atom. The third-order valence-corrected chi connectivity index (χ3v) is 6.70. The van der Waals surface area contributed by atoms with Gasteiger partial charge in [-0.3, -0.25) is 4.79 Å². The van der Waals surface area contributed by atoms with Crippen molar-refractivity contribution in [3.63, 3.8) is 0 Å². The van der Waals surface area contributed by atoms with Crippen LogP contribution in [0, 0.1) is 10.8 Å². The van der Waals surface area contributed by atoms with E-state index in [-0.39, 0.29) is 10.8 Å². The van der Waals surface area contributed by atoms with Crippen molar-refractivity contribution >= 4 is 5.78 Å². The number of rotatable bonds is 2. The van der Waals surface area contributed by atoms with E-state index in [4.69, 9.17) is 0 Å². The van der Waals surface area contributed by atoms with Crippen LogP contribution in [0.3, 0.4) is 0 Å². The van der Waals surface area contributed by atoms with Crippen molar-refractivity contribution in [2.24, 2.45) is 10.8 Å². The number of benzene rings is 2. The first-order valence-corrected chi connectivity index (χ1v) is 8.91. The molecule has 0 radical (unpaired) electrons. The predicted octanol–water partition coefficient (Wildman–Crippen LogP) is 5.09. The average molecular weight is 302 g/mol. The van der Waals surface area contributed by atoms with Crippen LogP contribution in [0.4, 0.5) is 0 Å². The molecule has 1 heteroatoms. The van der Waals surface area contributed by atoms with Gasteiger partial charge in [0.15, 0.2) is 0 Å². The maximum Gasteiger partial charge on any atom is 0.146 e. The van der Waals surface area contributed by atoms with Gasteiger partial charge in [0.25, 0.3) is 0 Å². The first-order chi connectivity index (χ1) is 11.3. The minimum absolute atomic E-state index is 0.0247. The van der Waals surface area contributed by atoms with E-state index in [1.165, 1.54) is 17.5 Å². The van der Waals surface area contributed by atoms with Gasteiger partial charge < -0.3 is 0 Å². The van der Waals surface area contributed by atoms with Gasteiger partial charge in [0.1, 0.15) is 5.78 Å². The molecule has 0 heterocycles. The van der Waals surface area contributed by atoms with Crippen molar-refractivity contribution in [3.8, 4) is 0 Å². The largest absolute Gasteiger partial charge is 0.298 e. The molecule has 0 N–H and O–H groups in total. The molecular formula is C22H22O. The standard InChI is InChI=1S/C22H22O/c23-20-21(14-18(21)16-8-3-1-4-9-16)12-7-13-22(20)15-19(22)17-10-5-2-6-11-17/h1-6,8-11,18-19H,7,12-15H2/t18-,19-,21+,22+/m0/s1. The first-order valence-electron chi connectivity index (χ1n) is 8.91. The molecule has 0 amide bonds. The van der Waals surface area contributed by atoms with E-state index in [2.05, 4.69) is 60.7 Å². The fourth-order valence-corrected chi connectivity index (χ4v) is 5.35. The topological polar surface area (TPSA) is 17.1 Å². The Bertz CT molecular complexity index is 687. The van der Waals surface area contributed by atoms with Crippen LogP contribution in [-0.2, 0) is 4.79 Å². The molecule has 23 heavy (non-hydrogen) atoms. The quantitative estimate of drug-likeness (QED) is 0.755. The number of carbonyl (C=O) groups is 1. The third-order valence-electron chi connectivity index (χ3n) is 6.70. The summed E-state index contributed by atoms with van der Waals surface area (Å²) < 4.78 is 0. The summed E-state index contributed by atoms with van der Waals surface area (Å²) >= 11 is 0. The van der Waals surface area contributed by atoms with Crippen LogP contribution >= 0.6 is 0 Å². The summed E-state index contributed by atoms with van der Waals surface area (Å²) in [5.74, 6) is 1.55. The summed E-state index contributed by atoms with van der Waals surface area (Å²) in [5, 5.41) is 0. The number of Topliss-reactive ketones (excluding diaryl/α,β-unsaturated/α-hetero) is 1. The SMILES string of the molecule is O=C1[C@]2(CCC[C@]13C[C@H]3c1ccccc1)C[C@H]2c1ccccc1. The summed E-state index contributed by atoms with van der Waals surface area (Å²) in [6.45, 7) is 0. The Morgan fingerprint density at radius 1 is 0.696 bits per heavy atom. The lowest BCUT2D eigenvalue weighted by Gasteiger charge is -2.30. The second-order valence-electron chi connectivity index (χ2n) is 7.83. The number of carbonyl (C=O) groups excluding carboxylic acids is 1. The molecule has 3 saturated carbocycles. The number of hydrogen-bond donors (Lipinski definition) is 0. The van der Waals surface area contributed by atoms with Gasteiger partial charge in [0.05, 0.1) is 0 Å². The highest BCUT2D eigenvalue weighted by Crippen LogP contribution is 2.75. The van der Waals surface area contributed by atoms with Gasteiger partial charge in [-0.2, -0.15) is 0 Å². The maximum absolute atomic E-state index is 13.5. The lowest BCUT2D eigenvalue weighted by Crippen LogP contribution is -2.33. The highest BCUT2D eigenvalue weighted by molar-refractivity contribution is 5.98. The molecule has 5 rings (SSSR count). The minimum atomic E-state index is -0.0247. The predicted molar refractivity (Wildman–Crippen MR) is 91.3 cm³/mol. The molecule has 0 saturated heterocycles. The van der Waals surface area contributed by atoms with Crippen molar-refractivity contribution in [1.29, 1.82) is 0 Å². The molecule has 0 unspecified atom stereocenters. The molecule has 3 aliphatic carbocycles. The molecule has 1 nitrogen and oxygen atoms in total. The van der Waals surface area contributed by atoms with Gasteiger partial charge >= 0.3 is 0 Å². The third kappa shape index (κ3) is 1.83. The molecule has 3 aliphatic rings. The van der Waals surface area contributed by atoms with Gasteiger partial charge in [-0.1, -0.05) is 67.1 Å². The van der Waals surface area contributed by atoms with Crippen molar-refractivity contribution in [1.82, 2.24) is 0 Å². The molecule has 2 spiro atoms. The van der Waals surface area contributed by atoms with Gasteiger partial charge in [-0.25, -0.2) is 0 Å². The second kappa shape index (κ2) is 4.56. The van der Waals surface area contributed by atoms with E-state index < -0.39 is 0 Å². The lowest BCUT2D eigenvalue weighted by molar-refractivity contribution is -0.132. The van der Waals surface area contributed by atoms with Gasteiger partial charge in [0.2, 0.25) is 0 Å². The zero-order valence-electron chi connectivity index (χ0n) is 13.4. The Labute approximate surface area is 137 Å². The van der Waals surface area contributed by atoms with E-state index in [9.17, 15) is 4.79 Å². The minimum Gasteiger partial charge on any atom is -0.298 e. The molecule has 0 aromatic heterocycles. The van der Waals surface area contributed by atoms with Crippen molar-refractivity contribution in [3.05, 3.63) is 71.8 Å². The summed E-state index contributed by atoms with van der Waals surface area (Å²) in [6, 6.07) is 21.4. The maximum atomic E-state index is 13.5. The fraction of sp³-hybridized carbons (Fsp3) is 0.409. The van der Waals surface area contributed by atoms with Crippen LogP contribution in [-0.4, -0.2) is 5.78 Å². The smallest absolute Gasteiger partial charge is 0.146 e. The van der Waals surface area contributed by atoms with Crippen LogP contribution in [0.15, 0.2) is 60.7 Å². The summed E-state index contributed by atoms with van der Waals surface area (Å²) in [4.78, 5) is 13.5. The number of hydrogen-bond acceptors (Lipinski definition) is 1. The Morgan fingerprint density at radius 3 is 1.57 bits per heavy atom. The van der Waals surface area contributed by atoms with Crippen molar-refractivity contribution < 1.29 is 4.79 Å². The molecule has 0 bridgehead atoms. The Balaban J connectivity index is 1.44. The Kier molecular flexibility index (Phi) is 2.69. The summed E-state index contributed by atoms with van der Waals surface area (Å²) in [6.07, 6.45) is 5.60. The van der Waals surface area contributed by atoms with Crippen LogP contribution in [0.5, 0.6) is 0 Å². The summed E-state index contributed by atoms with van der Waals surface area (Å²) in [7, 11) is 0. The molecule has 2 aromatic rings. The van der Waals surface area contributed by atoms with E-state index in [0.29, 0.717) is 17.6 Å². The van der Waals surface area contributed by atoms with E-state index >= 15 is 0 Å². The molecule has 0 aliphatic heterocycles. The van der Waals surface area contributed by atoms with Gasteiger partial charge in [0, 0.05) is 10.8 Å². The molecule has 2 aromatic carbocycles. The highest BCUT2D eigenvalue weighted by atomic mass is 16.1. The molecule has 3 fully saturated rings. The zero-order valence-corrected chi connectivity index (χ0v) is 13.4. The fourth-order valence-electron chi connectivity index (χ4n) is 5.35. The first kappa shape index (κ1) is 13.5. The van der Waals surface area contributed by atoms with Gasteiger partial charge in [-0.15, -0.1) is 0 Å². The van der Waals surface area contributed by atoms with Crippen LogP contribution in [0.2, 0.25) is 0 Å². The summed E-state index contributed by atoms with van der Waals surface area (Å²) in [5.41, 5.74) is 2.69. The zero-order chi connectivity index (χ0) is 15.5.